The van der Waals surface area contributed by atoms with E-state index in [0.29, 0.717) is 25.4 Å². The summed E-state index contributed by atoms with van der Waals surface area (Å²) in [4.78, 5) is 18.4. The van der Waals surface area contributed by atoms with Crippen molar-refractivity contribution in [1.29, 1.82) is 0 Å². The van der Waals surface area contributed by atoms with Gasteiger partial charge in [-0.2, -0.15) is 0 Å². The number of aryl methyl sites for hydroxylation is 1. The molecule has 2 N–H and O–H groups in total. The molecule has 0 saturated heterocycles. The molecule has 1 aliphatic rings. The molecule has 0 aromatic heterocycles. The van der Waals surface area contributed by atoms with E-state index in [1.807, 2.05) is 32.0 Å². The van der Waals surface area contributed by atoms with Gasteiger partial charge in [-0.3, -0.25) is 14.4 Å². The number of anilines is 1. The topological polar surface area (TPSA) is 108 Å². The number of rotatable bonds is 9. The summed E-state index contributed by atoms with van der Waals surface area (Å²) in [5.74, 6) is -0.0305. The van der Waals surface area contributed by atoms with Crippen LogP contribution in [0.2, 0.25) is 0 Å². The Hall–Kier alpha value is -3.44. The van der Waals surface area contributed by atoms with Gasteiger partial charge < -0.3 is 19.5 Å². The van der Waals surface area contributed by atoms with Gasteiger partial charge in [0.05, 0.1) is 35.3 Å². The molecule has 0 spiro atoms. The number of aliphatic hydroxyl groups is 1. The number of carbonyl (C=O) groups excluding carboxylic acids is 1. The van der Waals surface area contributed by atoms with Gasteiger partial charge in [0.25, 0.3) is 15.9 Å². The molecule has 0 bridgehead atoms. The average molecular weight is 652 g/mol. The van der Waals surface area contributed by atoms with E-state index in [-0.39, 0.29) is 46.8 Å². The molecule has 0 saturated carbocycles. The van der Waals surface area contributed by atoms with E-state index in [4.69, 9.17) is 9.47 Å². The Labute approximate surface area is 274 Å². The third-order valence-electron chi connectivity index (χ3n) is 8.42. The monoisotopic (exact) mass is 651 g/mol. The Balaban J connectivity index is 1.64. The number of aliphatic hydroxyl groups excluding tert-OH is 1. The normalized spacial score (nSPS) is 20.8. The first-order valence-electron chi connectivity index (χ1n) is 16.1. The van der Waals surface area contributed by atoms with Gasteiger partial charge in [-0.05, 0) is 83.0 Å². The second-order valence-corrected chi connectivity index (χ2v) is 14.3. The number of likely N-dealkylation sites (N-methyl/N-ethyl adjacent to an activating group) is 1. The lowest BCUT2D eigenvalue weighted by molar-refractivity contribution is -0.0177. The third-order valence-corrected chi connectivity index (χ3v) is 9.82. The highest BCUT2D eigenvalue weighted by Gasteiger charge is 2.30. The predicted octanol–water partition coefficient (Wildman–Crippen LogP) is 5.72. The van der Waals surface area contributed by atoms with Crippen LogP contribution in [0.15, 0.2) is 77.7 Å². The van der Waals surface area contributed by atoms with E-state index < -0.39 is 16.1 Å². The molecular formula is C36H49N3O6S. The van der Waals surface area contributed by atoms with Crippen LogP contribution in [0.4, 0.5) is 5.69 Å². The molecule has 9 nitrogen and oxygen atoms in total. The molecule has 1 heterocycles. The molecule has 0 unspecified atom stereocenters. The van der Waals surface area contributed by atoms with Crippen molar-refractivity contribution in [2.24, 2.45) is 5.92 Å². The van der Waals surface area contributed by atoms with Gasteiger partial charge in [-0.25, -0.2) is 8.42 Å². The first kappa shape index (κ1) is 35.4. The summed E-state index contributed by atoms with van der Waals surface area (Å²) >= 11 is 0. The van der Waals surface area contributed by atoms with Gasteiger partial charge in [-0.1, -0.05) is 55.0 Å². The summed E-state index contributed by atoms with van der Waals surface area (Å²) in [6, 6.07) is 21.2. The van der Waals surface area contributed by atoms with E-state index in [2.05, 4.69) is 35.7 Å². The summed E-state index contributed by atoms with van der Waals surface area (Å²) in [7, 11) is -1.82. The van der Waals surface area contributed by atoms with Crippen molar-refractivity contribution in [3.8, 4) is 5.75 Å². The Morgan fingerprint density at radius 3 is 2.46 bits per heavy atom. The lowest BCUT2D eigenvalue weighted by atomic mass is 10.0. The molecular weight excluding hydrogens is 602 g/mol. The standard InChI is InChI=1S/C36H49N3O6S/c1-26-14-17-32(18-15-26)46(42,43)37-31-16-19-34-33(21-31)36(41)39(28(3)25-40)22-27(2)35(44-20-10-9-11-29(4)45-34)24-38(5)23-30-12-7-6-8-13-30/h6-8,12-19,21,27-29,35,37,40H,9-11,20,22-25H2,1-5H3/t27-,28-,29+,35-/m0/s1. The first-order valence-corrected chi connectivity index (χ1v) is 17.6. The van der Waals surface area contributed by atoms with Crippen molar-refractivity contribution in [2.45, 2.75) is 76.6 Å². The molecule has 0 aliphatic carbocycles. The van der Waals surface area contributed by atoms with Gasteiger partial charge in [-0.15, -0.1) is 0 Å². The lowest BCUT2D eigenvalue weighted by Gasteiger charge is -2.36. The second kappa shape index (κ2) is 16.4. The maximum Gasteiger partial charge on any atom is 0.261 e. The Kier molecular flexibility index (Phi) is 12.6. The van der Waals surface area contributed by atoms with Gasteiger partial charge in [0.15, 0.2) is 0 Å². The highest BCUT2D eigenvalue weighted by molar-refractivity contribution is 7.92. The number of amides is 1. The number of nitrogens with one attached hydrogen (secondary N) is 1. The van der Waals surface area contributed by atoms with Crippen LogP contribution < -0.4 is 9.46 Å². The number of ether oxygens (including phenoxy) is 2. The fourth-order valence-corrected chi connectivity index (χ4v) is 6.70. The molecule has 4 rings (SSSR count). The summed E-state index contributed by atoms with van der Waals surface area (Å²) in [5, 5.41) is 10.2. The molecule has 0 radical (unpaired) electrons. The Bertz CT molecular complexity index is 1520. The smallest absolute Gasteiger partial charge is 0.261 e. The number of nitrogens with zero attached hydrogens (tertiary/aromatic N) is 2. The second-order valence-electron chi connectivity index (χ2n) is 12.6. The van der Waals surface area contributed by atoms with Crippen LogP contribution in [0.1, 0.15) is 61.5 Å². The number of hydrogen-bond acceptors (Lipinski definition) is 7. The average Bonchev–Trinajstić information content (AvgIpc) is 3.03. The molecule has 3 aromatic rings. The van der Waals surface area contributed by atoms with Crippen LogP contribution in [0.5, 0.6) is 5.75 Å². The molecule has 1 amide bonds. The minimum absolute atomic E-state index is 0.0642. The maximum absolute atomic E-state index is 14.4. The Morgan fingerprint density at radius 2 is 1.76 bits per heavy atom. The van der Waals surface area contributed by atoms with Gasteiger partial charge >= 0.3 is 0 Å². The van der Waals surface area contributed by atoms with Crippen molar-refractivity contribution in [3.05, 3.63) is 89.5 Å². The number of sulfonamides is 1. The molecule has 46 heavy (non-hydrogen) atoms. The largest absolute Gasteiger partial charge is 0.490 e. The van der Waals surface area contributed by atoms with Crippen LogP contribution in [-0.2, 0) is 21.3 Å². The van der Waals surface area contributed by atoms with Gasteiger partial charge in [0.2, 0.25) is 0 Å². The summed E-state index contributed by atoms with van der Waals surface area (Å²) in [5.41, 5.74) is 2.64. The predicted molar refractivity (Wildman–Crippen MR) is 182 cm³/mol. The van der Waals surface area contributed by atoms with Crippen molar-refractivity contribution in [2.75, 3.05) is 38.1 Å². The van der Waals surface area contributed by atoms with E-state index in [0.717, 1.165) is 31.4 Å². The lowest BCUT2D eigenvalue weighted by Crippen LogP contribution is -2.47. The van der Waals surface area contributed by atoms with Crippen molar-refractivity contribution in [3.63, 3.8) is 0 Å². The third kappa shape index (κ3) is 9.78. The maximum atomic E-state index is 14.4. The minimum atomic E-state index is -3.90. The van der Waals surface area contributed by atoms with Crippen molar-refractivity contribution in [1.82, 2.24) is 9.80 Å². The molecule has 3 aromatic carbocycles. The number of fused-ring (bicyclic) bond motifs is 1. The van der Waals surface area contributed by atoms with Crippen LogP contribution in [0, 0.1) is 12.8 Å². The zero-order valence-electron chi connectivity index (χ0n) is 27.7. The molecule has 4 atom stereocenters. The fourth-order valence-electron chi connectivity index (χ4n) is 5.65. The Morgan fingerprint density at radius 1 is 1.04 bits per heavy atom. The molecule has 1 aliphatic heterocycles. The zero-order chi connectivity index (χ0) is 33.3. The fraction of sp³-hybridized carbons (Fsp3) is 0.472. The number of carbonyl (C=O) groups is 1. The van der Waals surface area contributed by atoms with Gasteiger partial charge in [0, 0.05) is 37.8 Å². The minimum Gasteiger partial charge on any atom is -0.490 e. The zero-order valence-corrected chi connectivity index (χ0v) is 28.5. The highest BCUT2D eigenvalue weighted by atomic mass is 32.2. The van der Waals surface area contributed by atoms with E-state index in [9.17, 15) is 18.3 Å². The molecule has 0 fully saturated rings. The van der Waals surface area contributed by atoms with Crippen molar-refractivity contribution < 1.29 is 27.8 Å². The molecule has 10 heteroatoms. The SMILES string of the molecule is Cc1ccc(S(=O)(=O)Nc2ccc3c(c2)C(=O)N([C@@H](C)CO)C[C@H](C)[C@H](CN(C)Cc2ccccc2)OCCCC[C@@H](C)O3)cc1. The van der Waals surface area contributed by atoms with Crippen LogP contribution in [0.25, 0.3) is 0 Å². The van der Waals surface area contributed by atoms with Crippen LogP contribution in [-0.4, -0.2) is 80.8 Å². The van der Waals surface area contributed by atoms with Crippen LogP contribution in [0.3, 0.4) is 0 Å². The van der Waals surface area contributed by atoms with E-state index in [1.54, 1.807) is 48.2 Å². The van der Waals surface area contributed by atoms with E-state index >= 15 is 0 Å². The number of benzene rings is 3. The summed E-state index contributed by atoms with van der Waals surface area (Å²) in [6.07, 6.45) is 2.21. The number of hydrogen-bond donors (Lipinski definition) is 2. The highest BCUT2D eigenvalue weighted by Crippen LogP contribution is 2.29. The summed E-state index contributed by atoms with van der Waals surface area (Å²) in [6.45, 7) is 9.88. The quantitative estimate of drug-likeness (QED) is 0.305. The summed E-state index contributed by atoms with van der Waals surface area (Å²) < 4.78 is 41.8. The van der Waals surface area contributed by atoms with Crippen molar-refractivity contribution >= 4 is 21.6 Å². The first-order chi connectivity index (χ1) is 22.0. The van der Waals surface area contributed by atoms with Crippen LogP contribution >= 0.6 is 0 Å². The van der Waals surface area contributed by atoms with E-state index in [1.165, 1.54) is 11.6 Å². The molecule has 250 valence electrons. The van der Waals surface area contributed by atoms with Gasteiger partial charge in [0.1, 0.15) is 5.75 Å².